The van der Waals surface area contributed by atoms with Gasteiger partial charge < -0.3 is 5.11 Å². The van der Waals surface area contributed by atoms with Crippen molar-refractivity contribution in [2.75, 3.05) is 0 Å². The number of hydrogen-bond acceptors (Lipinski definition) is 1. The molecule has 1 nitrogen and oxygen atoms in total. The van der Waals surface area contributed by atoms with E-state index in [0.29, 0.717) is 0 Å². The van der Waals surface area contributed by atoms with E-state index in [1.165, 1.54) is 22.3 Å². The predicted molar refractivity (Wildman–Crippen MR) is 65.3 cm³/mol. The minimum absolute atomic E-state index is 0.147. The van der Waals surface area contributed by atoms with Gasteiger partial charge >= 0.3 is 0 Å². The number of aryl methyl sites for hydroxylation is 4. The lowest BCUT2D eigenvalue weighted by Gasteiger charge is -2.12. The maximum absolute atomic E-state index is 9.53. The van der Waals surface area contributed by atoms with Gasteiger partial charge in [0.1, 0.15) is 0 Å². The second-order valence-electron chi connectivity index (χ2n) is 4.46. The molecule has 0 fully saturated rings. The highest BCUT2D eigenvalue weighted by Crippen LogP contribution is 2.17. The van der Waals surface area contributed by atoms with E-state index in [1.807, 2.05) is 6.92 Å². The van der Waals surface area contributed by atoms with Crippen LogP contribution in [0.1, 0.15) is 42.0 Å². The lowest BCUT2D eigenvalue weighted by molar-refractivity contribution is 0.160. The van der Waals surface area contributed by atoms with E-state index in [9.17, 15) is 5.11 Å². The quantitative estimate of drug-likeness (QED) is 0.801. The van der Waals surface area contributed by atoms with Crippen LogP contribution in [0.5, 0.6) is 0 Å². The molecule has 1 rings (SSSR count). The normalized spacial score (nSPS) is 12.9. The van der Waals surface area contributed by atoms with Crippen molar-refractivity contribution in [1.29, 1.82) is 0 Å². The van der Waals surface area contributed by atoms with Crippen molar-refractivity contribution in [2.45, 2.75) is 53.1 Å². The van der Waals surface area contributed by atoms with Gasteiger partial charge in [-0.3, -0.25) is 0 Å². The molecule has 0 radical (unpaired) electrons. The Balaban J connectivity index is 2.73. The number of benzene rings is 1. The van der Waals surface area contributed by atoms with Gasteiger partial charge in [0.25, 0.3) is 0 Å². The molecule has 84 valence electrons. The molecular weight excluding hydrogens is 184 g/mol. The molecule has 1 aromatic carbocycles. The zero-order valence-corrected chi connectivity index (χ0v) is 10.3. The summed E-state index contributed by atoms with van der Waals surface area (Å²) in [4.78, 5) is 0. The topological polar surface area (TPSA) is 20.2 Å². The minimum Gasteiger partial charge on any atom is -0.393 e. The first-order chi connectivity index (χ1) is 7.04. The van der Waals surface area contributed by atoms with E-state index in [0.717, 1.165) is 19.3 Å². The molecule has 1 aromatic rings. The molecule has 0 amide bonds. The third-order valence-electron chi connectivity index (χ3n) is 3.17. The van der Waals surface area contributed by atoms with Gasteiger partial charge in [-0.2, -0.15) is 0 Å². The maximum atomic E-state index is 9.53. The van der Waals surface area contributed by atoms with Crippen LogP contribution in [0.15, 0.2) is 12.1 Å². The maximum Gasteiger partial charge on any atom is 0.0540 e. The third kappa shape index (κ3) is 3.35. The fourth-order valence-corrected chi connectivity index (χ4v) is 1.82. The Morgan fingerprint density at radius 3 is 2.27 bits per heavy atom. The van der Waals surface area contributed by atoms with Gasteiger partial charge in [0.05, 0.1) is 6.10 Å². The molecule has 1 atom stereocenters. The molecule has 1 unspecified atom stereocenters. The predicted octanol–water partition coefficient (Wildman–Crippen LogP) is 3.32. The number of rotatable bonds is 4. The largest absolute Gasteiger partial charge is 0.393 e. The number of aliphatic hydroxyl groups excluding tert-OH is 1. The van der Waals surface area contributed by atoms with Crippen LogP contribution in [0.2, 0.25) is 0 Å². The van der Waals surface area contributed by atoms with Crippen LogP contribution < -0.4 is 0 Å². The average Bonchev–Trinajstić information content (AvgIpc) is 2.21. The number of aliphatic hydroxyl groups is 1. The van der Waals surface area contributed by atoms with Gasteiger partial charge in [-0.25, -0.2) is 0 Å². The Kier molecular flexibility index (Phi) is 4.34. The van der Waals surface area contributed by atoms with Crippen molar-refractivity contribution >= 4 is 0 Å². The average molecular weight is 206 g/mol. The smallest absolute Gasteiger partial charge is 0.0540 e. The molecule has 0 spiro atoms. The van der Waals surface area contributed by atoms with Gasteiger partial charge in [0, 0.05) is 0 Å². The summed E-state index contributed by atoms with van der Waals surface area (Å²) in [5, 5.41) is 9.53. The summed E-state index contributed by atoms with van der Waals surface area (Å²) in [6.45, 7) is 8.47. The van der Waals surface area contributed by atoms with Crippen molar-refractivity contribution in [3.63, 3.8) is 0 Å². The van der Waals surface area contributed by atoms with Gasteiger partial charge in [0.15, 0.2) is 0 Å². The first-order valence-electron chi connectivity index (χ1n) is 5.79. The highest BCUT2D eigenvalue weighted by molar-refractivity contribution is 5.36. The van der Waals surface area contributed by atoms with Crippen molar-refractivity contribution in [2.24, 2.45) is 0 Å². The van der Waals surface area contributed by atoms with E-state index in [1.54, 1.807) is 0 Å². The lowest BCUT2D eigenvalue weighted by Crippen LogP contribution is -2.06. The second kappa shape index (κ2) is 5.32. The number of hydrogen-bond donors (Lipinski definition) is 1. The first-order valence-corrected chi connectivity index (χ1v) is 5.79. The zero-order chi connectivity index (χ0) is 11.4. The van der Waals surface area contributed by atoms with Crippen LogP contribution in [0, 0.1) is 20.8 Å². The summed E-state index contributed by atoms with van der Waals surface area (Å²) in [6, 6.07) is 4.50. The second-order valence-corrected chi connectivity index (χ2v) is 4.46. The van der Waals surface area contributed by atoms with Crippen molar-refractivity contribution < 1.29 is 5.11 Å². The van der Waals surface area contributed by atoms with E-state index >= 15 is 0 Å². The van der Waals surface area contributed by atoms with Gasteiger partial charge in [-0.15, -0.1) is 0 Å². The summed E-state index contributed by atoms with van der Waals surface area (Å²) < 4.78 is 0. The summed E-state index contributed by atoms with van der Waals surface area (Å²) in [5.74, 6) is 0. The van der Waals surface area contributed by atoms with Crippen LogP contribution in [0.3, 0.4) is 0 Å². The van der Waals surface area contributed by atoms with Crippen LogP contribution in [0.4, 0.5) is 0 Å². The van der Waals surface area contributed by atoms with E-state index in [-0.39, 0.29) is 6.10 Å². The van der Waals surface area contributed by atoms with Crippen molar-refractivity contribution in [3.8, 4) is 0 Å². The monoisotopic (exact) mass is 206 g/mol. The van der Waals surface area contributed by atoms with E-state index < -0.39 is 0 Å². The first kappa shape index (κ1) is 12.3. The van der Waals surface area contributed by atoms with E-state index in [2.05, 4.69) is 32.9 Å². The van der Waals surface area contributed by atoms with Gasteiger partial charge in [-0.1, -0.05) is 19.1 Å². The van der Waals surface area contributed by atoms with Crippen LogP contribution >= 0.6 is 0 Å². The fraction of sp³-hybridized carbons (Fsp3) is 0.571. The molecule has 0 saturated carbocycles. The molecule has 0 saturated heterocycles. The van der Waals surface area contributed by atoms with Crippen LogP contribution in [0.25, 0.3) is 0 Å². The minimum atomic E-state index is -0.147. The summed E-state index contributed by atoms with van der Waals surface area (Å²) in [5.41, 5.74) is 5.43. The Labute approximate surface area is 93.1 Å². The molecule has 0 aromatic heterocycles. The molecule has 1 heteroatoms. The Morgan fingerprint density at radius 1 is 1.07 bits per heavy atom. The lowest BCUT2D eigenvalue weighted by atomic mass is 9.96. The van der Waals surface area contributed by atoms with Gasteiger partial charge in [-0.05, 0) is 62.3 Å². The van der Waals surface area contributed by atoms with Crippen molar-refractivity contribution in [1.82, 2.24) is 0 Å². The third-order valence-corrected chi connectivity index (χ3v) is 3.17. The highest BCUT2D eigenvalue weighted by Gasteiger charge is 2.05. The molecular formula is C14H22O. The standard InChI is InChI=1S/C14H22O/c1-5-14(15)7-6-13-9-11(3)10(2)8-12(13)4/h8-9,14-15H,5-7H2,1-4H3. The van der Waals surface area contributed by atoms with Crippen molar-refractivity contribution in [3.05, 3.63) is 34.4 Å². The molecule has 0 aliphatic heterocycles. The molecule has 15 heavy (non-hydrogen) atoms. The fourth-order valence-electron chi connectivity index (χ4n) is 1.82. The zero-order valence-electron chi connectivity index (χ0n) is 10.3. The van der Waals surface area contributed by atoms with Crippen LogP contribution in [-0.2, 0) is 6.42 Å². The summed E-state index contributed by atoms with van der Waals surface area (Å²) in [6.07, 6.45) is 2.57. The molecule has 0 heterocycles. The summed E-state index contributed by atoms with van der Waals surface area (Å²) >= 11 is 0. The van der Waals surface area contributed by atoms with Gasteiger partial charge in [0.2, 0.25) is 0 Å². The highest BCUT2D eigenvalue weighted by atomic mass is 16.3. The molecule has 1 N–H and O–H groups in total. The summed E-state index contributed by atoms with van der Waals surface area (Å²) in [7, 11) is 0. The van der Waals surface area contributed by atoms with E-state index in [4.69, 9.17) is 0 Å². The Hall–Kier alpha value is -0.820. The molecule has 0 aliphatic carbocycles. The Bertz CT molecular complexity index is 328. The SMILES string of the molecule is CCC(O)CCc1cc(C)c(C)cc1C. The molecule has 0 aliphatic rings. The Morgan fingerprint density at radius 2 is 1.67 bits per heavy atom. The molecule has 0 bridgehead atoms. The van der Waals surface area contributed by atoms with Crippen LogP contribution in [-0.4, -0.2) is 11.2 Å².